The molecule has 0 radical (unpaired) electrons. The lowest BCUT2D eigenvalue weighted by molar-refractivity contribution is 0.0741. The molecule has 1 aliphatic rings. The van der Waals surface area contributed by atoms with Crippen molar-refractivity contribution in [3.05, 3.63) is 41.4 Å². The molecule has 104 valence electrons. The highest BCUT2D eigenvalue weighted by Gasteiger charge is 2.20. The van der Waals surface area contributed by atoms with E-state index in [1.165, 1.54) is 0 Å². The quantitative estimate of drug-likeness (QED) is 0.870. The van der Waals surface area contributed by atoms with Crippen LogP contribution in [0.3, 0.4) is 0 Å². The number of phenols is 1. The fourth-order valence-electron chi connectivity index (χ4n) is 2.39. The van der Waals surface area contributed by atoms with Crippen LogP contribution in [0.2, 0.25) is 0 Å². The first-order valence-corrected chi connectivity index (χ1v) is 6.97. The van der Waals surface area contributed by atoms with E-state index in [9.17, 15) is 5.11 Å². The van der Waals surface area contributed by atoms with Crippen LogP contribution in [-0.4, -0.2) is 35.8 Å². The number of para-hydroxylation sites is 1. The molecule has 0 bridgehead atoms. The molecule has 1 heterocycles. The Morgan fingerprint density at radius 2 is 2.26 bits per heavy atom. The number of halogens is 1. The summed E-state index contributed by atoms with van der Waals surface area (Å²) in [6.07, 6.45) is 2.48. The molecule has 1 atom stereocenters. The minimum absolute atomic E-state index is 0.266. The molecule has 0 amide bonds. The first-order chi connectivity index (χ1) is 9.15. The van der Waals surface area contributed by atoms with Crippen LogP contribution >= 0.6 is 11.6 Å². The number of hydrogen-bond acceptors (Lipinski definition) is 3. The molecule has 19 heavy (non-hydrogen) atoms. The van der Waals surface area contributed by atoms with Crippen LogP contribution in [0.4, 0.5) is 0 Å². The van der Waals surface area contributed by atoms with Gasteiger partial charge in [0.15, 0.2) is 0 Å². The lowest BCUT2D eigenvalue weighted by Gasteiger charge is -2.25. The molecule has 1 saturated heterocycles. The predicted molar refractivity (Wildman–Crippen MR) is 77.4 cm³/mol. The van der Waals surface area contributed by atoms with Crippen LogP contribution in [0.15, 0.2) is 35.9 Å². The number of hydrogen-bond donors (Lipinski definition) is 1. The van der Waals surface area contributed by atoms with Gasteiger partial charge in [0.1, 0.15) is 5.75 Å². The number of aromatic hydroxyl groups is 1. The van der Waals surface area contributed by atoms with E-state index in [2.05, 4.69) is 11.5 Å². The van der Waals surface area contributed by atoms with Gasteiger partial charge in [-0.05, 0) is 18.9 Å². The number of benzene rings is 1. The second-order valence-electron chi connectivity index (χ2n) is 4.95. The summed E-state index contributed by atoms with van der Waals surface area (Å²) in [5.74, 6) is 0.319. The lowest BCUT2D eigenvalue weighted by atomic mass is 10.1. The van der Waals surface area contributed by atoms with Crippen molar-refractivity contribution in [2.24, 2.45) is 0 Å². The third-order valence-corrected chi connectivity index (χ3v) is 3.39. The Balaban J connectivity index is 2.00. The zero-order valence-electron chi connectivity index (χ0n) is 11.0. The van der Waals surface area contributed by atoms with Crippen LogP contribution in [-0.2, 0) is 11.3 Å². The number of ether oxygens (including phenoxy) is 1. The van der Waals surface area contributed by atoms with Crippen LogP contribution in [0.25, 0.3) is 0 Å². The molecule has 0 aromatic heterocycles. The SMILES string of the molecule is C=C(Cl)CN(Cc1ccccc1O)CC1CCCO1. The van der Waals surface area contributed by atoms with Crippen LogP contribution in [0, 0.1) is 0 Å². The molecule has 1 aliphatic heterocycles. The second kappa shape index (κ2) is 6.94. The van der Waals surface area contributed by atoms with E-state index in [0.717, 1.165) is 31.6 Å². The van der Waals surface area contributed by atoms with Gasteiger partial charge >= 0.3 is 0 Å². The van der Waals surface area contributed by atoms with Gasteiger partial charge in [0.05, 0.1) is 6.10 Å². The lowest BCUT2D eigenvalue weighted by Crippen LogP contribution is -2.32. The van der Waals surface area contributed by atoms with Gasteiger partial charge < -0.3 is 9.84 Å². The third kappa shape index (κ3) is 4.53. The van der Waals surface area contributed by atoms with E-state index in [1.54, 1.807) is 6.07 Å². The van der Waals surface area contributed by atoms with Crippen molar-refractivity contribution in [1.82, 2.24) is 4.90 Å². The molecule has 3 nitrogen and oxygen atoms in total. The summed E-state index contributed by atoms with van der Waals surface area (Å²) >= 11 is 5.92. The maximum atomic E-state index is 9.84. The topological polar surface area (TPSA) is 32.7 Å². The van der Waals surface area contributed by atoms with Gasteiger partial charge in [-0.25, -0.2) is 0 Å². The molecule has 1 aromatic carbocycles. The largest absolute Gasteiger partial charge is 0.508 e. The molecule has 0 saturated carbocycles. The second-order valence-corrected chi connectivity index (χ2v) is 5.49. The van der Waals surface area contributed by atoms with Gasteiger partial charge in [0, 0.05) is 36.8 Å². The number of rotatable bonds is 6. The Labute approximate surface area is 119 Å². The minimum Gasteiger partial charge on any atom is -0.508 e. The zero-order valence-corrected chi connectivity index (χ0v) is 11.8. The summed E-state index contributed by atoms with van der Waals surface area (Å²) in [6, 6.07) is 7.38. The summed E-state index contributed by atoms with van der Waals surface area (Å²) in [6.45, 7) is 6.68. The molecule has 0 aliphatic carbocycles. The smallest absolute Gasteiger partial charge is 0.120 e. The van der Waals surface area contributed by atoms with Gasteiger partial charge in [-0.15, -0.1) is 0 Å². The number of nitrogens with zero attached hydrogens (tertiary/aromatic N) is 1. The first-order valence-electron chi connectivity index (χ1n) is 6.59. The summed E-state index contributed by atoms with van der Waals surface area (Å²) in [4.78, 5) is 2.17. The Bertz CT molecular complexity index is 430. The van der Waals surface area contributed by atoms with E-state index in [0.29, 0.717) is 23.9 Å². The van der Waals surface area contributed by atoms with Gasteiger partial charge in [0.25, 0.3) is 0 Å². The Morgan fingerprint density at radius 1 is 1.47 bits per heavy atom. The van der Waals surface area contributed by atoms with E-state index < -0.39 is 0 Å². The Morgan fingerprint density at radius 3 is 2.89 bits per heavy atom. The van der Waals surface area contributed by atoms with Crippen molar-refractivity contribution < 1.29 is 9.84 Å². The van der Waals surface area contributed by atoms with Crippen LogP contribution < -0.4 is 0 Å². The average molecular weight is 282 g/mol. The van der Waals surface area contributed by atoms with Crippen molar-refractivity contribution >= 4 is 11.6 Å². The van der Waals surface area contributed by atoms with Crippen molar-refractivity contribution in [3.63, 3.8) is 0 Å². The number of phenolic OH excluding ortho intramolecular Hbond substituents is 1. The molecule has 0 spiro atoms. The van der Waals surface area contributed by atoms with E-state index in [4.69, 9.17) is 16.3 Å². The fourth-order valence-corrected chi connectivity index (χ4v) is 2.56. The monoisotopic (exact) mass is 281 g/mol. The molecule has 1 fully saturated rings. The van der Waals surface area contributed by atoms with Crippen molar-refractivity contribution in [1.29, 1.82) is 0 Å². The maximum Gasteiger partial charge on any atom is 0.120 e. The molecule has 1 unspecified atom stereocenters. The highest BCUT2D eigenvalue weighted by Crippen LogP contribution is 2.21. The Hall–Kier alpha value is -1.03. The Kier molecular flexibility index (Phi) is 5.25. The summed E-state index contributed by atoms with van der Waals surface area (Å²) in [7, 11) is 0. The van der Waals surface area contributed by atoms with E-state index >= 15 is 0 Å². The summed E-state index contributed by atoms with van der Waals surface area (Å²) in [5, 5.41) is 10.4. The van der Waals surface area contributed by atoms with Crippen molar-refractivity contribution in [2.75, 3.05) is 19.7 Å². The third-order valence-electron chi connectivity index (χ3n) is 3.27. The fraction of sp³-hybridized carbons (Fsp3) is 0.467. The highest BCUT2D eigenvalue weighted by molar-refractivity contribution is 6.29. The van der Waals surface area contributed by atoms with Crippen LogP contribution in [0.5, 0.6) is 5.75 Å². The standard InChI is InChI=1S/C15H20ClNO2/c1-12(16)9-17(11-14-6-4-8-19-14)10-13-5-2-3-7-15(13)18/h2-3,5,7,14,18H,1,4,6,8-11H2. The highest BCUT2D eigenvalue weighted by atomic mass is 35.5. The summed E-state index contributed by atoms with van der Waals surface area (Å²) < 4.78 is 5.66. The zero-order chi connectivity index (χ0) is 13.7. The first kappa shape index (κ1) is 14.4. The molecule has 2 rings (SSSR count). The van der Waals surface area contributed by atoms with Crippen LogP contribution in [0.1, 0.15) is 18.4 Å². The van der Waals surface area contributed by atoms with Gasteiger partial charge in [-0.2, -0.15) is 0 Å². The van der Waals surface area contributed by atoms with E-state index in [1.807, 2.05) is 18.2 Å². The minimum atomic E-state index is 0.266. The molecular weight excluding hydrogens is 262 g/mol. The van der Waals surface area contributed by atoms with Gasteiger partial charge in [0.2, 0.25) is 0 Å². The molecule has 1 N–H and O–H groups in total. The van der Waals surface area contributed by atoms with Crippen molar-refractivity contribution in [2.45, 2.75) is 25.5 Å². The average Bonchev–Trinajstić information content (AvgIpc) is 2.84. The van der Waals surface area contributed by atoms with Gasteiger partial charge in [-0.3, -0.25) is 4.90 Å². The van der Waals surface area contributed by atoms with Crippen molar-refractivity contribution in [3.8, 4) is 5.75 Å². The normalized spacial score (nSPS) is 18.9. The molecular formula is C15H20ClNO2. The summed E-state index contributed by atoms with van der Waals surface area (Å²) in [5.41, 5.74) is 0.901. The van der Waals surface area contributed by atoms with E-state index in [-0.39, 0.29) is 6.10 Å². The molecule has 1 aromatic rings. The van der Waals surface area contributed by atoms with Gasteiger partial charge in [-0.1, -0.05) is 36.4 Å². The predicted octanol–water partition coefficient (Wildman–Crippen LogP) is 3.13. The maximum absolute atomic E-state index is 9.84. The molecule has 4 heteroatoms.